The summed E-state index contributed by atoms with van der Waals surface area (Å²) in [5.41, 5.74) is 2.09. The minimum Gasteiger partial charge on any atom is -0.445 e. The minimum absolute atomic E-state index is 0.0185. The molecule has 0 bridgehead atoms. The van der Waals surface area contributed by atoms with Gasteiger partial charge in [0.05, 0.1) is 5.39 Å². The number of nitrogens with zero attached hydrogens (tertiary/aromatic N) is 1. The molecule has 0 aliphatic heterocycles. The number of nitrogens with one attached hydrogen (secondary N) is 1. The van der Waals surface area contributed by atoms with Crippen molar-refractivity contribution in [3.63, 3.8) is 0 Å². The molecule has 5 heteroatoms. The van der Waals surface area contributed by atoms with Crippen LogP contribution in [0, 0.1) is 11.3 Å². The van der Waals surface area contributed by atoms with Gasteiger partial charge in [0.25, 0.3) is 0 Å². The van der Waals surface area contributed by atoms with Crippen molar-refractivity contribution in [3.8, 4) is 6.07 Å². The summed E-state index contributed by atoms with van der Waals surface area (Å²) in [4.78, 5) is 24.4. The van der Waals surface area contributed by atoms with Crippen molar-refractivity contribution in [2.24, 2.45) is 0 Å². The maximum atomic E-state index is 12.3. The highest BCUT2D eigenvalue weighted by Crippen LogP contribution is 2.18. The number of benzene rings is 2. The van der Waals surface area contributed by atoms with E-state index >= 15 is 0 Å². The smallest absolute Gasteiger partial charge is 0.224 e. The molecule has 3 rings (SSSR count). The van der Waals surface area contributed by atoms with Gasteiger partial charge < -0.3 is 9.73 Å². The fourth-order valence-electron chi connectivity index (χ4n) is 4.72. The number of amides is 1. The van der Waals surface area contributed by atoms with E-state index in [1.165, 1.54) is 88.7 Å². The number of hydrogen-bond acceptors (Lipinski definition) is 4. The number of carbonyl (C=O) groups excluding carboxylic acids is 1. The van der Waals surface area contributed by atoms with E-state index in [9.17, 15) is 9.59 Å². The third kappa shape index (κ3) is 10.6. The molecule has 5 nitrogen and oxygen atoms in total. The monoisotopic (exact) mass is 500 g/mol. The Balaban J connectivity index is 1.14. The first kappa shape index (κ1) is 28.2. The average Bonchev–Trinajstić information content (AvgIpc) is 2.91. The summed E-state index contributed by atoms with van der Waals surface area (Å²) in [6.45, 7) is 0. The van der Waals surface area contributed by atoms with Crippen molar-refractivity contribution in [1.82, 2.24) is 0 Å². The summed E-state index contributed by atoms with van der Waals surface area (Å²) < 4.78 is 5.35. The molecule has 2 aromatic carbocycles. The first-order valence-electron chi connectivity index (χ1n) is 14.0. The van der Waals surface area contributed by atoms with Crippen LogP contribution in [0.1, 0.15) is 101 Å². The lowest BCUT2D eigenvalue weighted by molar-refractivity contribution is -0.116. The highest BCUT2D eigenvalue weighted by molar-refractivity contribution is 5.93. The molecule has 3 aromatic rings. The van der Waals surface area contributed by atoms with Gasteiger partial charge in [-0.05, 0) is 43.0 Å². The van der Waals surface area contributed by atoms with Gasteiger partial charge in [0.1, 0.15) is 11.7 Å². The second kappa shape index (κ2) is 16.4. The zero-order valence-corrected chi connectivity index (χ0v) is 22.0. The van der Waals surface area contributed by atoms with Crippen LogP contribution in [0.5, 0.6) is 0 Å². The minimum atomic E-state index is -0.288. The van der Waals surface area contributed by atoms with Crippen LogP contribution in [0.15, 0.2) is 63.8 Å². The average molecular weight is 501 g/mol. The summed E-state index contributed by atoms with van der Waals surface area (Å²) >= 11 is 0. The van der Waals surface area contributed by atoms with Crippen LogP contribution in [0.2, 0.25) is 0 Å². The zero-order chi connectivity index (χ0) is 26.1. The van der Waals surface area contributed by atoms with Crippen LogP contribution >= 0.6 is 0 Å². The maximum absolute atomic E-state index is 12.3. The highest BCUT2D eigenvalue weighted by atomic mass is 16.3. The number of hydrogen-bond donors (Lipinski definition) is 1. The number of aryl methyl sites for hydroxylation is 1. The Morgan fingerprint density at radius 2 is 1.35 bits per heavy atom. The van der Waals surface area contributed by atoms with Gasteiger partial charge in [0.2, 0.25) is 11.7 Å². The largest absolute Gasteiger partial charge is 0.445 e. The van der Waals surface area contributed by atoms with Gasteiger partial charge >= 0.3 is 0 Å². The number of carbonyl (C=O) groups is 1. The van der Waals surface area contributed by atoms with Crippen molar-refractivity contribution in [1.29, 1.82) is 5.26 Å². The standard InChI is InChI=1S/C32H40N2O3/c33-25-28-24-30(35)29-23-27(21-22-31(29)37-28)34-32(36)20-16-11-9-7-5-3-1-2-4-6-8-10-13-17-26-18-14-12-15-19-26/h12,14-15,18-19,21-24H,1-11,13,16-17,20H2,(H,34,36). The Kier molecular flexibility index (Phi) is 12.5. The van der Waals surface area contributed by atoms with Crippen LogP contribution in [0.3, 0.4) is 0 Å². The SMILES string of the molecule is N#Cc1cc(=O)c2cc(NC(=O)CCCCCCCCCCCCCCCc3ccccc3)ccc2o1. The second-order valence-corrected chi connectivity index (χ2v) is 9.93. The molecule has 0 radical (unpaired) electrons. The van der Waals surface area contributed by atoms with Gasteiger partial charge in [0, 0.05) is 18.2 Å². The molecule has 0 saturated heterocycles. The maximum Gasteiger partial charge on any atom is 0.224 e. The Morgan fingerprint density at radius 1 is 0.757 bits per heavy atom. The van der Waals surface area contributed by atoms with Gasteiger partial charge in [-0.25, -0.2) is 0 Å². The molecule has 1 N–H and O–H groups in total. The van der Waals surface area contributed by atoms with Gasteiger partial charge in [-0.15, -0.1) is 0 Å². The van der Waals surface area contributed by atoms with Gasteiger partial charge in [-0.2, -0.15) is 5.26 Å². The van der Waals surface area contributed by atoms with E-state index in [1.54, 1.807) is 18.2 Å². The quantitative estimate of drug-likeness (QED) is 0.189. The number of fused-ring (bicyclic) bond motifs is 1. The van der Waals surface area contributed by atoms with E-state index in [0.717, 1.165) is 12.8 Å². The molecule has 0 saturated carbocycles. The molecule has 0 aliphatic rings. The zero-order valence-electron chi connectivity index (χ0n) is 22.0. The Morgan fingerprint density at radius 3 is 1.97 bits per heavy atom. The fraction of sp³-hybridized carbons (Fsp3) is 0.469. The molecule has 0 atom stereocenters. The molecule has 1 aromatic heterocycles. The van der Waals surface area contributed by atoms with Crippen LogP contribution in [-0.2, 0) is 11.2 Å². The van der Waals surface area contributed by atoms with Crippen molar-refractivity contribution in [3.05, 3.63) is 76.1 Å². The molecule has 1 amide bonds. The molecular weight excluding hydrogens is 460 g/mol. The van der Waals surface area contributed by atoms with Crippen LogP contribution in [-0.4, -0.2) is 5.91 Å². The number of rotatable bonds is 17. The predicted molar refractivity (Wildman–Crippen MR) is 151 cm³/mol. The van der Waals surface area contributed by atoms with Crippen molar-refractivity contribution in [2.45, 2.75) is 96.3 Å². The molecular formula is C32H40N2O3. The first-order valence-corrected chi connectivity index (χ1v) is 14.0. The Bertz CT molecular complexity index is 1190. The van der Waals surface area contributed by atoms with Crippen molar-refractivity contribution in [2.75, 3.05) is 5.32 Å². The van der Waals surface area contributed by atoms with Crippen LogP contribution < -0.4 is 10.7 Å². The third-order valence-corrected chi connectivity index (χ3v) is 6.83. The van der Waals surface area contributed by atoms with Gasteiger partial charge in [-0.3, -0.25) is 9.59 Å². The predicted octanol–water partition coefficient (Wildman–Crippen LogP) is 8.31. The van der Waals surface area contributed by atoms with Crippen LogP contribution in [0.4, 0.5) is 5.69 Å². The number of anilines is 1. The van der Waals surface area contributed by atoms with Crippen molar-refractivity contribution < 1.29 is 9.21 Å². The highest BCUT2D eigenvalue weighted by Gasteiger charge is 2.08. The van der Waals surface area contributed by atoms with E-state index in [1.807, 2.05) is 6.07 Å². The van der Waals surface area contributed by atoms with E-state index in [4.69, 9.17) is 9.68 Å². The second-order valence-electron chi connectivity index (χ2n) is 9.93. The van der Waals surface area contributed by atoms with Gasteiger partial charge in [-0.1, -0.05) is 101 Å². The topological polar surface area (TPSA) is 83.1 Å². The molecule has 0 unspecified atom stereocenters. The third-order valence-electron chi connectivity index (χ3n) is 6.83. The molecule has 0 fully saturated rings. The lowest BCUT2D eigenvalue weighted by Crippen LogP contribution is -2.11. The van der Waals surface area contributed by atoms with E-state index in [-0.39, 0.29) is 17.1 Å². The van der Waals surface area contributed by atoms with E-state index < -0.39 is 0 Å². The molecule has 0 spiro atoms. The molecule has 0 aliphatic carbocycles. The number of nitriles is 1. The summed E-state index contributed by atoms with van der Waals surface area (Å²) in [6.07, 6.45) is 18.1. The Labute approximate surface area is 220 Å². The van der Waals surface area contributed by atoms with Crippen LogP contribution in [0.25, 0.3) is 11.0 Å². The van der Waals surface area contributed by atoms with Gasteiger partial charge in [0.15, 0.2) is 5.43 Å². The van der Waals surface area contributed by atoms with E-state index in [2.05, 4.69) is 35.6 Å². The first-order chi connectivity index (χ1) is 18.2. The normalized spacial score (nSPS) is 10.9. The van der Waals surface area contributed by atoms with Crippen molar-refractivity contribution >= 4 is 22.6 Å². The summed E-state index contributed by atoms with van der Waals surface area (Å²) in [5.74, 6) is -0.0625. The Hall–Kier alpha value is -3.39. The summed E-state index contributed by atoms with van der Waals surface area (Å²) in [7, 11) is 0. The fourth-order valence-corrected chi connectivity index (χ4v) is 4.72. The summed E-state index contributed by atoms with van der Waals surface area (Å²) in [6, 6.07) is 18.7. The number of unbranched alkanes of at least 4 members (excludes halogenated alkanes) is 12. The molecule has 37 heavy (non-hydrogen) atoms. The summed E-state index contributed by atoms with van der Waals surface area (Å²) in [5, 5.41) is 12.1. The lowest BCUT2D eigenvalue weighted by Gasteiger charge is -2.06. The lowest BCUT2D eigenvalue weighted by atomic mass is 10.0. The van der Waals surface area contributed by atoms with E-state index in [0.29, 0.717) is 23.1 Å². The molecule has 1 heterocycles. The molecule has 196 valence electrons.